The molecule has 1 saturated heterocycles. The zero-order valence-corrected chi connectivity index (χ0v) is 15.8. The molecule has 1 fully saturated rings. The van der Waals surface area contributed by atoms with Crippen molar-refractivity contribution in [3.63, 3.8) is 0 Å². The lowest BCUT2D eigenvalue weighted by atomic mass is 10.1. The van der Waals surface area contributed by atoms with Crippen LogP contribution in [0, 0.1) is 28.8 Å². The topological polar surface area (TPSA) is 92.6 Å². The van der Waals surface area contributed by atoms with Gasteiger partial charge in [-0.3, -0.25) is 19.7 Å². The number of carbonyl (C=O) groups is 2. The third-order valence-electron chi connectivity index (χ3n) is 4.37. The molecule has 0 saturated carbocycles. The molecule has 1 aliphatic rings. The van der Waals surface area contributed by atoms with Crippen LogP contribution in [0.2, 0.25) is 0 Å². The van der Waals surface area contributed by atoms with Gasteiger partial charge < -0.3 is 10.2 Å². The van der Waals surface area contributed by atoms with Crippen LogP contribution in [0.4, 0.5) is 21.5 Å². The van der Waals surface area contributed by atoms with E-state index < -0.39 is 22.6 Å². The molecule has 0 aromatic heterocycles. The molecule has 27 heavy (non-hydrogen) atoms. The van der Waals surface area contributed by atoms with E-state index in [0.29, 0.717) is 5.69 Å². The summed E-state index contributed by atoms with van der Waals surface area (Å²) in [5, 5.41) is 13.2. The van der Waals surface area contributed by atoms with Crippen LogP contribution in [-0.4, -0.2) is 23.3 Å². The Bertz CT molecular complexity index is 950. The van der Waals surface area contributed by atoms with Crippen molar-refractivity contribution in [1.29, 1.82) is 0 Å². The van der Waals surface area contributed by atoms with E-state index in [1.54, 1.807) is 6.07 Å². The number of hydrogen-bond donors (Lipinski definition) is 1. The van der Waals surface area contributed by atoms with Gasteiger partial charge >= 0.3 is 0 Å². The van der Waals surface area contributed by atoms with Crippen LogP contribution < -0.4 is 10.2 Å². The van der Waals surface area contributed by atoms with Crippen LogP contribution in [0.5, 0.6) is 0 Å². The molecule has 2 aromatic carbocycles. The number of halogens is 2. The summed E-state index contributed by atoms with van der Waals surface area (Å²) < 4.78 is 14.8. The second-order valence-corrected chi connectivity index (χ2v) is 7.10. The zero-order valence-electron chi connectivity index (χ0n) is 14.2. The molecule has 0 radical (unpaired) electrons. The van der Waals surface area contributed by atoms with Gasteiger partial charge in [-0.15, -0.1) is 0 Å². The van der Waals surface area contributed by atoms with Crippen LogP contribution in [0.25, 0.3) is 0 Å². The second kappa shape index (κ2) is 7.43. The molecular weight excluding hydrogens is 421 g/mol. The number of anilines is 2. The van der Waals surface area contributed by atoms with E-state index in [9.17, 15) is 24.1 Å². The first kappa shape index (κ1) is 19.0. The number of rotatable bonds is 4. The maximum Gasteiger partial charge on any atom is 0.271 e. The van der Waals surface area contributed by atoms with Crippen molar-refractivity contribution < 1.29 is 18.9 Å². The lowest BCUT2D eigenvalue weighted by Crippen LogP contribution is -2.28. The summed E-state index contributed by atoms with van der Waals surface area (Å²) in [4.78, 5) is 36.4. The van der Waals surface area contributed by atoms with E-state index in [-0.39, 0.29) is 30.2 Å². The van der Waals surface area contributed by atoms with Crippen molar-refractivity contribution in [3.05, 3.63) is 62.4 Å². The van der Waals surface area contributed by atoms with Crippen molar-refractivity contribution in [2.75, 3.05) is 16.8 Å². The summed E-state index contributed by atoms with van der Waals surface area (Å²) in [5.74, 6) is -2.23. The number of nitro benzene ring substituents is 1. The van der Waals surface area contributed by atoms with Gasteiger partial charge in [0.05, 0.1) is 16.5 Å². The summed E-state index contributed by atoms with van der Waals surface area (Å²) in [5.41, 5.74) is 1.02. The van der Waals surface area contributed by atoms with Crippen molar-refractivity contribution >= 4 is 44.8 Å². The van der Waals surface area contributed by atoms with Gasteiger partial charge in [-0.05, 0) is 36.8 Å². The van der Waals surface area contributed by atoms with Gasteiger partial charge in [-0.25, -0.2) is 4.39 Å². The lowest BCUT2D eigenvalue weighted by Gasteiger charge is -2.18. The van der Waals surface area contributed by atoms with E-state index in [1.807, 2.05) is 19.1 Å². The molecule has 1 atom stereocenters. The fourth-order valence-electron chi connectivity index (χ4n) is 2.89. The quantitative estimate of drug-likeness (QED) is 0.583. The first-order valence-corrected chi connectivity index (χ1v) is 8.87. The van der Waals surface area contributed by atoms with E-state index in [0.717, 1.165) is 28.2 Å². The van der Waals surface area contributed by atoms with Gasteiger partial charge in [-0.2, -0.15) is 0 Å². The maximum atomic E-state index is 13.9. The fraction of sp³-hybridized carbons (Fsp3) is 0.222. The predicted molar refractivity (Wildman–Crippen MR) is 101 cm³/mol. The number of carbonyl (C=O) groups excluding carboxylic acids is 2. The molecule has 1 aliphatic heterocycles. The first-order chi connectivity index (χ1) is 12.8. The van der Waals surface area contributed by atoms with Crippen molar-refractivity contribution in [2.24, 2.45) is 5.92 Å². The number of non-ortho nitro benzene ring substituents is 1. The molecule has 0 aliphatic carbocycles. The molecule has 1 heterocycles. The Hall–Kier alpha value is -2.81. The zero-order chi connectivity index (χ0) is 19.7. The van der Waals surface area contributed by atoms with Crippen molar-refractivity contribution in [3.8, 4) is 0 Å². The molecule has 1 N–H and O–H groups in total. The number of nitrogens with one attached hydrogen (secondary N) is 1. The van der Waals surface area contributed by atoms with Crippen LogP contribution in [-0.2, 0) is 9.59 Å². The second-order valence-electron chi connectivity index (χ2n) is 6.25. The summed E-state index contributed by atoms with van der Waals surface area (Å²) >= 11 is 3.40. The number of nitro groups is 1. The summed E-state index contributed by atoms with van der Waals surface area (Å²) in [6.45, 7) is 2.05. The average molecular weight is 436 g/mol. The maximum absolute atomic E-state index is 13.9. The van der Waals surface area contributed by atoms with Crippen LogP contribution in [0.3, 0.4) is 0 Å². The van der Waals surface area contributed by atoms with E-state index in [4.69, 9.17) is 0 Å². The Labute approximate surface area is 162 Å². The highest BCUT2D eigenvalue weighted by Crippen LogP contribution is 2.29. The van der Waals surface area contributed by atoms with Gasteiger partial charge in [-0.1, -0.05) is 15.9 Å². The normalized spacial score (nSPS) is 16.5. The van der Waals surface area contributed by atoms with Crippen LogP contribution in [0.15, 0.2) is 40.9 Å². The van der Waals surface area contributed by atoms with E-state index >= 15 is 0 Å². The first-order valence-electron chi connectivity index (χ1n) is 8.07. The molecule has 2 aromatic rings. The number of hydrogen-bond acceptors (Lipinski definition) is 4. The van der Waals surface area contributed by atoms with Gasteiger partial charge in [0.1, 0.15) is 5.82 Å². The third kappa shape index (κ3) is 3.97. The molecule has 0 bridgehead atoms. The molecule has 3 rings (SSSR count). The Kier molecular flexibility index (Phi) is 5.22. The smallest absolute Gasteiger partial charge is 0.271 e. The van der Waals surface area contributed by atoms with E-state index in [2.05, 4.69) is 21.2 Å². The molecule has 9 heteroatoms. The summed E-state index contributed by atoms with van der Waals surface area (Å²) in [6.07, 6.45) is -0.0164. The molecule has 2 amide bonds. The minimum absolute atomic E-state index is 0.0164. The van der Waals surface area contributed by atoms with E-state index in [1.165, 1.54) is 4.90 Å². The highest BCUT2D eigenvalue weighted by atomic mass is 79.9. The predicted octanol–water partition coefficient (Wildman–Crippen LogP) is 3.80. The minimum atomic E-state index is -0.779. The highest BCUT2D eigenvalue weighted by Gasteiger charge is 2.35. The van der Waals surface area contributed by atoms with Gasteiger partial charge in [0, 0.05) is 35.3 Å². The molecular formula is C18H15BrFN3O4. The van der Waals surface area contributed by atoms with Gasteiger partial charge in [0.25, 0.3) is 5.69 Å². The summed E-state index contributed by atoms with van der Waals surface area (Å²) in [6, 6.07) is 8.33. The van der Waals surface area contributed by atoms with Gasteiger partial charge in [0.15, 0.2) is 0 Å². The summed E-state index contributed by atoms with van der Waals surface area (Å²) in [7, 11) is 0. The molecule has 0 spiro atoms. The molecule has 7 nitrogen and oxygen atoms in total. The molecule has 1 unspecified atom stereocenters. The largest absolute Gasteiger partial charge is 0.323 e. The van der Waals surface area contributed by atoms with Gasteiger partial charge in [0.2, 0.25) is 11.8 Å². The number of nitrogens with zero attached hydrogens (tertiary/aromatic N) is 2. The minimum Gasteiger partial charge on any atom is -0.323 e. The average Bonchev–Trinajstić information content (AvgIpc) is 3.01. The fourth-order valence-corrected chi connectivity index (χ4v) is 3.13. The lowest BCUT2D eigenvalue weighted by molar-refractivity contribution is -0.384. The van der Waals surface area contributed by atoms with Crippen molar-refractivity contribution in [2.45, 2.75) is 13.3 Å². The Morgan fingerprint density at radius 2 is 2.07 bits per heavy atom. The molecule has 140 valence electrons. The monoisotopic (exact) mass is 435 g/mol. The Balaban J connectivity index is 1.75. The van der Waals surface area contributed by atoms with Crippen molar-refractivity contribution in [1.82, 2.24) is 0 Å². The SMILES string of the molecule is Cc1cc(N2CC(C(=O)Nc3cc([N+](=O)[O-])ccc3F)CC2=O)ccc1Br. The van der Waals surface area contributed by atoms with Crippen LogP contribution >= 0.6 is 15.9 Å². The third-order valence-corrected chi connectivity index (χ3v) is 5.26. The Morgan fingerprint density at radius 3 is 2.74 bits per heavy atom. The number of amides is 2. The standard InChI is InChI=1S/C18H15BrFN3O4/c1-10-6-12(2-4-14(10)19)22-9-11(7-17(22)24)18(25)21-16-8-13(23(26)27)3-5-15(16)20/h2-6,8,11H,7,9H2,1H3,(H,21,25). The number of aryl methyl sites for hydroxylation is 1. The number of benzene rings is 2. The Morgan fingerprint density at radius 1 is 1.33 bits per heavy atom. The highest BCUT2D eigenvalue weighted by molar-refractivity contribution is 9.10. The van der Waals surface area contributed by atoms with Crippen LogP contribution in [0.1, 0.15) is 12.0 Å².